The lowest BCUT2D eigenvalue weighted by Crippen LogP contribution is -2.51. The molecule has 0 bridgehead atoms. The predicted molar refractivity (Wildman–Crippen MR) is 74.9 cm³/mol. The van der Waals surface area contributed by atoms with Gasteiger partial charge in [0.05, 0.1) is 12.0 Å². The molecule has 1 amide bonds. The van der Waals surface area contributed by atoms with Crippen molar-refractivity contribution < 1.29 is 4.79 Å². The van der Waals surface area contributed by atoms with Crippen molar-refractivity contribution in [3.05, 3.63) is 12.2 Å². The first-order valence-corrected chi connectivity index (χ1v) is 7.62. The summed E-state index contributed by atoms with van der Waals surface area (Å²) in [6, 6.07) is 0. The number of piperidine rings is 1. The number of aromatic nitrogens is 3. The molecule has 6 heteroatoms. The first kappa shape index (κ1) is 13.5. The standard InChI is InChI=1S/C14H23N5O/c1-2-3-14(4-6-15-7-5-14)13(20)18-8-9-19-11-16-17-12(19)10-18/h11,15H,2-10H2,1H3. The number of hydrogen-bond donors (Lipinski definition) is 1. The van der Waals surface area contributed by atoms with Crippen LogP contribution in [0.4, 0.5) is 0 Å². The number of carbonyl (C=O) groups is 1. The van der Waals surface area contributed by atoms with Crippen LogP contribution in [0.15, 0.2) is 6.33 Å². The van der Waals surface area contributed by atoms with Gasteiger partial charge in [0.15, 0.2) is 5.82 Å². The van der Waals surface area contributed by atoms with Crippen LogP contribution < -0.4 is 5.32 Å². The van der Waals surface area contributed by atoms with Crippen LogP contribution in [-0.2, 0) is 17.9 Å². The molecular weight excluding hydrogens is 254 g/mol. The molecule has 1 fully saturated rings. The van der Waals surface area contributed by atoms with Crippen LogP contribution >= 0.6 is 0 Å². The van der Waals surface area contributed by atoms with E-state index in [4.69, 9.17) is 0 Å². The first-order valence-electron chi connectivity index (χ1n) is 7.62. The molecule has 6 nitrogen and oxygen atoms in total. The van der Waals surface area contributed by atoms with Crippen molar-refractivity contribution in [2.45, 2.75) is 45.7 Å². The minimum absolute atomic E-state index is 0.151. The number of rotatable bonds is 3. The minimum atomic E-state index is -0.151. The average Bonchev–Trinajstić information content (AvgIpc) is 2.95. The first-order chi connectivity index (χ1) is 9.75. The molecule has 20 heavy (non-hydrogen) atoms. The normalized spacial score (nSPS) is 21.6. The van der Waals surface area contributed by atoms with Gasteiger partial charge in [-0.25, -0.2) is 0 Å². The Morgan fingerprint density at radius 3 is 2.95 bits per heavy atom. The van der Waals surface area contributed by atoms with Crippen molar-refractivity contribution in [3.63, 3.8) is 0 Å². The highest BCUT2D eigenvalue weighted by molar-refractivity contribution is 5.83. The van der Waals surface area contributed by atoms with E-state index in [-0.39, 0.29) is 5.41 Å². The third kappa shape index (κ3) is 2.32. The summed E-state index contributed by atoms with van der Waals surface area (Å²) in [7, 11) is 0. The molecule has 1 saturated heterocycles. The maximum Gasteiger partial charge on any atom is 0.229 e. The van der Waals surface area contributed by atoms with E-state index in [2.05, 4.69) is 22.4 Å². The zero-order chi connectivity index (χ0) is 14.0. The lowest BCUT2D eigenvalue weighted by Gasteiger charge is -2.41. The zero-order valence-corrected chi connectivity index (χ0v) is 12.1. The largest absolute Gasteiger partial charge is 0.333 e. The predicted octanol–water partition coefficient (Wildman–Crippen LogP) is 0.790. The van der Waals surface area contributed by atoms with E-state index >= 15 is 0 Å². The second-order valence-electron chi connectivity index (χ2n) is 5.95. The van der Waals surface area contributed by atoms with E-state index in [1.807, 2.05) is 9.47 Å². The molecular formula is C14H23N5O. The molecule has 0 radical (unpaired) electrons. The quantitative estimate of drug-likeness (QED) is 0.887. The topological polar surface area (TPSA) is 63.1 Å². The fourth-order valence-corrected chi connectivity index (χ4v) is 3.53. The van der Waals surface area contributed by atoms with Gasteiger partial charge in [-0.15, -0.1) is 10.2 Å². The Bertz CT molecular complexity index is 472. The lowest BCUT2D eigenvalue weighted by molar-refractivity contribution is -0.146. The summed E-state index contributed by atoms with van der Waals surface area (Å²) >= 11 is 0. The van der Waals surface area contributed by atoms with E-state index in [1.54, 1.807) is 6.33 Å². The van der Waals surface area contributed by atoms with Gasteiger partial charge in [0.25, 0.3) is 0 Å². The van der Waals surface area contributed by atoms with Gasteiger partial charge in [-0.3, -0.25) is 4.79 Å². The maximum atomic E-state index is 13.0. The van der Waals surface area contributed by atoms with Crippen LogP contribution in [0, 0.1) is 5.41 Å². The summed E-state index contributed by atoms with van der Waals surface area (Å²) in [5.74, 6) is 1.24. The van der Waals surface area contributed by atoms with Gasteiger partial charge in [0.1, 0.15) is 6.33 Å². The van der Waals surface area contributed by atoms with Crippen LogP contribution in [-0.4, -0.2) is 45.2 Å². The molecule has 0 spiro atoms. The number of carbonyl (C=O) groups excluding carboxylic acids is 1. The molecule has 0 aliphatic carbocycles. The van der Waals surface area contributed by atoms with Crippen molar-refractivity contribution in [1.82, 2.24) is 25.0 Å². The molecule has 1 aromatic heterocycles. The molecule has 0 atom stereocenters. The van der Waals surface area contributed by atoms with Gasteiger partial charge in [0.2, 0.25) is 5.91 Å². The SMILES string of the molecule is CCCC1(C(=O)N2CCn3cnnc3C2)CCNCC1. The van der Waals surface area contributed by atoms with E-state index < -0.39 is 0 Å². The number of fused-ring (bicyclic) bond motifs is 1. The molecule has 2 aliphatic heterocycles. The van der Waals surface area contributed by atoms with Crippen LogP contribution in [0.25, 0.3) is 0 Å². The fraction of sp³-hybridized carbons (Fsp3) is 0.786. The smallest absolute Gasteiger partial charge is 0.229 e. The van der Waals surface area contributed by atoms with Crippen LogP contribution in [0.5, 0.6) is 0 Å². The van der Waals surface area contributed by atoms with Gasteiger partial charge in [-0.1, -0.05) is 13.3 Å². The number of amides is 1. The highest BCUT2D eigenvalue weighted by Crippen LogP contribution is 2.36. The van der Waals surface area contributed by atoms with Crippen molar-refractivity contribution in [3.8, 4) is 0 Å². The monoisotopic (exact) mass is 277 g/mol. The molecule has 0 unspecified atom stereocenters. The molecule has 1 N–H and O–H groups in total. The minimum Gasteiger partial charge on any atom is -0.333 e. The van der Waals surface area contributed by atoms with E-state index in [0.717, 1.165) is 57.7 Å². The molecule has 2 aliphatic rings. The van der Waals surface area contributed by atoms with Crippen LogP contribution in [0.2, 0.25) is 0 Å². The molecule has 3 rings (SSSR count). The van der Waals surface area contributed by atoms with Crippen molar-refractivity contribution in [1.29, 1.82) is 0 Å². The number of hydrogen-bond acceptors (Lipinski definition) is 4. The Hall–Kier alpha value is -1.43. The van der Waals surface area contributed by atoms with Gasteiger partial charge < -0.3 is 14.8 Å². The summed E-state index contributed by atoms with van der Waals surface area (Å²) in [4.78, 5) is 15.0. The summed E-state index contributed by atoms with van der Waals surface area (Å²) in [5, 5.41) is 11.4. The molecule has 0 saturated carbocycles. The lowest BCUT2D eigenvalue weighted by atomic mass is 9.74. The maximum absolute atomic E-state index is 13.0. The van der Waals surface area contributed by atoms with Crippen LogP contribution in [0.1, 0.15) is 38.4 Å². The Morgan fingerprint density at radius 1 is 1.40 bits per heavy atom. The molecule has 3 heterocycles. The Morgan fingerprint density at radius 2 is 2.20 bits per heavy atom. The van der Waals surface area contributed by atoms with Crippen molar-refractivity contribution in [2.75, 3.05) is 19.6 Å². The summed E-state index contributed by atoms with van der Waals surface area (Å²) in [6.45, 7) is 6.28. The van der Waals surface area contributed by atoms with Gasteiger partial charge >= 0.3 is 0 Å². The molecule has 110 valence electrons. The highest BCUT2D eigenvalue weighted by atomic mass is 16.2. The Labute approximate surface area is 119 Å². The fourth-order valence-electron chi connectivity index (χ4n) is 3.53. The average molecular weight is 277 g/mol. The van der Waals surface area contributed by atoms with E-state index in [9.17, 15) is 4.79 Å². The molecule has 0 aromatic carbocycles. The third-order valence-electron chi connectivity index (χ3n) is 4.67. The third-order valence-corrected chi connectivity index (χ3v) is 4.67. The Balaban J connectivity index is 1.77. The highest BCUT2D eigenvalue weighted by Gasteiger charge is 2.41. The summed E-state index contributed by atoms with van der Waals surface area (Å²) in [5.41, 5.74) is -0.151. The van der Waals surface area contributed by atoms with Crippen molar-refractivity contribution >= 4 is 5.91 Å². The van der Waals surface area contributed by atoms with E-state index in [0.29, 0.717) is 12.5 Å². The van der Waals surface area contributed by atoms with Crippen LogP contribution in [0.3, 0.4) is 0 Å². The second-order valence-corrected chi connectivity index (χ2v) is 5.95. The van der Waals surface area contributed by atoms with Crippen molar-refractivity contribution in [2.24, 2.45) is 5.41 Å². The summed E-state index contributed by atoms with van der Waals surface area (Å²) < 4.78 is 2.04. The Kier molecular flexibility index (Phi) is 3.74. The zero-order valence-electron chi connectivity index (χ0n) is 12.1. The van der Waals surface area contributed by atoms with Gasteiger partial charge in [-0.2, -0.15) is 0 Å². The summed E-state index contributed by atoms with van der Waals surface area (Å²) in [6.07, 6.45) is 5.74. The van der Waals surface area contributed by atoms with E-state index in [1.165, 1.54) is 0 Å². The van der Waals surface area contributed by atoms with Gasteiger partial charge in [0, 0.05) is 13.1 Å². The molecule has 1 aromatic rings. The second kappa shape index (κ2) is 5.52. The number of nitrogens with one attached hydrogen (secondary N) is 1. The van der Waals surface area contributed by atoms with Gasteiger partial charge in [-0.05, 0) is 32.4 Å². The number of nitrogens with zero attached hydrogens (tertiary/aromatic N) is 4.